The van der Waals surface area contributed by atoms with Gasteiger partial charge in [0.1, 0.15) is 0 Å². The summed E-state index contributed by atoms with van der Waals surface area (Å²) in [5, 5.41) is 6.35. The van der Waals surface area contributed by atoms with Gasteiger partial charge in [-0.3, -0.25) is 4.99 Å². The number of rotatable bonds is 7. The van der Waals surface area contributed by atoms with E-state index in [1.165, 1.54) is 15.4 Å². The predicted molar refractivity (Wildman–Crippen MR) is 105 cm³/mol. The molecule has 2 rings (SSSR count). The monoisotopic (exact) mass is 382 g/mol. The molecule has 0 amide bonds. The first-order chi connectivity index (χ1) is 12.4. The zero-order chi connectivity index (χ0) is 19.0. The van der Waals surface area contributed by atoms with Gasteiger partial charge in [-0.15, -0.1) is 0 Å². The lowest BCUT2D eigenvalue weighted by atomic mass is 9.99. The molecule has 0 aromatic heterocycles. The van der Waals surface area contributed by atoms with E-state index in [-0.39, 0.29) is 5.75 Å². The highest BCUT2D eigenvalue weighted by Gasteiger charge is 2.23. The summed E-state index contributed by atoms with van der Waals surface area (Å²) < 4.78 is 31.3. The molecule has 1 aliphatic heterocycles. The first-order valence-electron chi connectivity index (χ1n) is 8.99. The van der Waals surface area contributed by atoms with Gasteiger partial charge in [-0.25, -0.2) is 8.42 Å². The number of nitrogens with one attached hydrogen (secondary N) is 2. The topological polar surface area (TPSA) is 83.0 Å². The minimum absolute atomic E-state index is 0.0428. The van der Waals surface area contributed by atoms with Crippen LogP contribution in [0.1, 0.15) is 24.0 Å². The van der Waals surface area contributed by atoms with Crippen LogP contribution in [0.15, 0.2) is 29.3 Å². The van der Waals surface area contributed by atoms with Gasteiger partial charge in [-0.2, -0.15) is 4.31 Å². The molecule has 1 heterocycles. The summed E-state index contributed by atoms with van der Waals surface area (Å²) in [5.41, 5.74) is 2.51. The molecule has 0 bridgehead atoms. The molecule has 8 heteroatoms. The van der Waals surface area contributed by atoms with Crippen molar-refractivity contribution in [3.05, 3.63) is 35.4 Å². The van der Waals surface area contributed by atoms with Gasteiger partial charge in [0.05, 0.1) is 19.0 Å². The summed E-state index contributed by atoms with van der Waals surface area (Å²) in [4.78, 5) is 4.17. The average molecular weight is 383 g/mol. The lowest BCUT2D eigenvalue weighted by Gasteiger charge is -2.26. The van der Waals surface area contributed by atoms with Gasteiger partial charge in [0.15, 0.2) is 5.96 Å². The van der Waals surface area contributed by atoms with Crippen LogP contribution in [-0.4, -0.2) is 70.9 Å². The van der Waals surface area contributed by atoms with E-state index in [0.29, 0.717) is 44.7 Å². The molecule has 0 saturated carbocycles. The maximum atomic E-state index is 12.3. The molecule has 1 fully saturated rings. The Kier molecular flexibility index (Phi) is 7.86. The zero-order valence-corrected chi connectivity index (χ0v) is 16.7. The third kappa shape index (κ3) is 6.26. The van der Waals surface area contributed by atoms with E-state index in [9.17, 15) is 8.42 Å². The average Bonchev–Trinajstić information content (AvgIpc) is 2.65. The summed E-state index contributed by atoms with van der Waals surface area (Å²) in [5.74, 6) is 0.980. The maximum Gasteiger partial charge on any atom is 0.215 e. The molecule has 1 aromatic carbocycles. The fourth-order valence-electron chi connectivity index (χ4n) is 2.82. The van der Waals surface area contributed by atoms with Crippen LogP contribution in [0.2, 0.25) is 0 Å². The van der Waals surface area contributed by atoms with Crippen molar-refractivity contribution in [2.45, 2.75) is 19.8 Å². The standard InChI is InChI=1S/C18H30N4O3S/c1-15-5-4-6-17(13-15)16(2)14-21-18(19-3)20-7-12-26(23,24)22-8-10-25-11-9-22/h4-6,13,16H,7-12,14H2,1-3H3,(H2,19,20,21). The Morgan fingerprint density at radius 3 is 2.69 bits per heavy atom. The molecule has 1 aliphatic rings. The number of ether oxygens (including phenoxy) is 1. The van der Waals surface area contributed by atoms with Gasteiger partial charge in [0, 0.05) is 33.2 Å². The molecule has 0 spiro atoms. The number of guanidine groups is 1. The van der Waals surface area contributed by atoms with Crippen LogP contribution in [0.3, 0.4) is 0 Å². The van der Waals surface area contributed by atoms with Gasteiger partial charge in [-0.05, 0) is 18.4 Å². The Bertz CT molecular complexity index is 700. The fraction of sp³-hybridized carbons (Fsp3) is 0.611. The van der Waals surface area contributed by atoms with Crippen LogP contribution in [-0.2, 0) is 14.8 Å². The highest BCUT2D eigenvalue weighted by molar-refractivity contribution is 7.89. The van der Waals surface area contributed by atoms with E-state index < -0.39 is 10.0 Å². The highest BCUT2D eigenvalue weighted by Crippen LogP contribution is 2.15. The number of morpholine rings is 1. The molecular weight excluding hydrogens is 352 g/mol. The number of hydrogen-bond donors (Lipinski definition) is 2. The van der Waals surface area contributed by atoms with Crippen molar-refractivity contribution >= 4 is 16.0 Å². The minimum Gasteiger partial charge on any atom is -0.379 e. The molecule has 146 valence electrons. The van der Waals surface area contributed by atoms with Crippen molar-refractivity contribution in [2.75, 3.05) is 52.2 Å². The third-order valence-electron chi connectivity index (χ3n) is 4.43. The fourth-order valence-corrected chi connectivity index (χ4v) is 4.14. The molecule has 0 radical (unpaired) electrons. The molecule has 0 aliphatic carbocycles. The van der Waals surface area contributed by atoms with Crippen LogP contribution in [0.5, 0.6) is 0 Å². The Morgan fingerprint density at radius 1 is 1.31 bits per heavy atom. The minimum atomic E-state index is -3.26. The maximum absolute atomic E-state index is 12.3. The van der Waals surface area contributed by atoms with Crippen molar-refractivity contribution < 1.29 is 13.2 Å². The van der Waals surface area contributed by atoms with E-state index >= 15 is 0 Å². The Morgan fingerprint density at radius 2 is 2.04 bits per heavy atom. The molecule has 2 N–H and O–H groups in total. The van der Waals surface area contributed by atoms with Gasteiger partial charge in [-0.1, -0.05) is 36.8 Å². The number of sulfonamides is 1. The van der Waals surface area contributed by atoms with Crippen LogP contribution in [0.4, 0.5) is 0 Å². The molecule has 1 aromatic rings. The van der Waals surface area contributed by atoms with Crippen LogP contribution in [0.25, 0.3) is 0 Å². The van der Waals surface area contributed by atoms with Crippen molar-refractivity contribution in [3.8, 4) is 0 Å². The molecule has 7 nitrogen and oxygen atoms in total. The normalized spacial score (nSPS) is 17.7. The number of aliphatic imine (C=N–C) groups is 1. The van der Waals surface area contributed by atoms with Crippen LogP contribution < -0.4 is 10.6 Å². The molecule has 1 unspecified atom stereocenters. The summed E-state index contributed by atoms with van der Waals surface area (Å²) >= 11 is 0. The Hall–Kier alpha value is -1.64. The Balaban J connectivity index is 1.77. The summed E-state index contributed by atoms with van der Waals surface area (Å²) in [6.45, 7) is 7.07. The highest BCUT2D eigenvalue weighted by atomic mass is 32.2. The van der Waals surface area contributed by atoms with Crippen molar-refractivity contribution in [3.63, 3.8) is 0 Å². The van der Waals surface area contributed by atoms with Crippen molar-refractivity contribution in [2.24, 2.45) is 4.99 Å². The Labute approximate surface area is 156 Å². The number of aryl methyl sites for hydroxylation is 1. The molecule has 1 saturated heterocycles. The zero-order valence-electron chi connectivity index (χ0n) is 15.9. The quantitative estimate of drug-likeness (QED) is 0.541. The second-order valence-corrected chi connectivity index (χ2v) is 8.61. The second-order valence-electron chi connectivity index (χ2n) is 6.52. The lowest BCUT2D eigenvalue weighted by Crippen LogP contribution is -2.45. The SMILES string of the molecule is CN=C(NCCS(=O)(=O)N1CCOCC1)NCC(C)c1cccc(C)c1. The molecule has 26 heavy (non-hydrogen) atoms. The van der Waals surface area contributed by atoms with Crippen molar-refractivity contribution in [1.29, 1.82) is 0 Å². The number of hydrogen-bond acceptors (Lipinski definition) is 4. The van der Waals surface area contributed by atoms with E-state index in [2.05, 4.69) is 53.7 Å². The summed E-state index contributed by atoms with van der Waals surface area (Å²) in [7, 11) is -1.57. The van der Waals surface area contributed by atoms with Gasteiger partial charge in [0.25, 0.3) is 0 Å². The lowest BCUT2D eigenvalue weighted by molar-refractivity contribution is 0.0730. The third-order valence-corrected chi connectivity index (χ3v) is 6.30. The first kappa shape index (κ1) is 20.7. The predicted octanol–water partition coefficient (Wildman–Crippen LogP) is 0.926. The van der Waals surface area contributed by atoms with Crippen LogP contribution >= 0.6 is 0 Å². The smallest absolute Gasteiger partial charge is 0.215 e. The second kappa shape index (κ2) is 9.89. The van der Waals surface area contributed by atoms with E-state index in [1.807, 2.05) is 0 Å². The van der Waals surface area contributed by atoms with E-state index in [0.717, 1.165) is 6.54 Å². The van der Waals surface area contributed by atoms with Crippen LogP contribution in [0, 0.1) is 6.92 Å². The van der Waals surface area contributed by atoms with Gasteiger partial charge in [0.2, 0.25) is 10.0 Å². The van der Waals surface area contributed by atoms with E-state index in [1.54, 1.807) is 7.05 Å². The van der Waals surface area contributed by atoms with E-state index in [4.69, 9.17) is 4.74 Å². The van der Waals surface area contributed by atoms with Gasteiger partial charge < -0.3 is 15.4 Å². The summed E-state index contributed by atoms with van der Waals surface area (Å²) in [6, 6.07) is 8.44. The number of benzene rings is 1. The first-order valence-corrected chi connectivity index (χ1v) is 10.6. The van der Waals surface area contributed by atoms with Crippen molar-refractivity contribution in [1.82, 2.24) is 14.9 Å². The largest absolute Gasteiger partial charge is 0.379 e. The summed E-state index contributed by atoms with van der Waals surface area (Å²) in [6.07, 6.45) is 0. The molecule has 1 atom stereocenters. The molecular formula is C18H30N4O3S. The number of nitrogens with zero attached hydrogens (tertiary/aromatic N) is 2. The van der Waals surface area contributed by atoms with Gasteiger partial charge >= 0.3 is 0 Å².